The molecule has 19 heavy (non-hydrogen) atoms. The van der Waals surface area contributed by atoms with Crippen LogP contribution in [0.1, 0.15) is 25.7 Å². The molecule has 1 aliphatic rings. The molecular weight excluding hydrogens is 288 g/mol. The number of hydrogen-bond donors (Lipinski definition) is 3. The van der Waals surface area contributed by atoms with Crippen LogP contribution in [0.25, 0.3) is 0 Å². The van der Waals surface area contributed by atoms with Gasteiger partial charge in [0.25, 0.3) is 0 Å². The molecule has 1 aromatic rings. The van der Waals surface area contributed by atoms with E-state index in [0.29, 0.717) is 12.8 Å². The summed E-state index contributed by atoms with van der Waals surface area (Å²) in [4.78, 5) is -0.116. The van der Waals surface area contributed by atoms with Crippen LogP contribution >= 0.6 is 11.6 Å². The molecule has 1 fully saturated rings. The number of aliphatic hydroxyl groups is 1. The Balaban J connectivity index is 2.27. The minimum Gasteiger partial charge on any atom is -0.398 e. The highest BCUT2D eigenvalue weighted by Gasteiger charge is 2.30. The van der Waals surface area contributed by atoms with Crippen molar-refractivity contribution in [1.82, 2.24) is 4.72 Å². The number of hydrogen-bond acceptors (Lipinski definition) is 4. The second kappa shape index (κ2) is 5.66. The van der Waals surface area contributed by atoms with Gasteiger partial charge in [0.1, 0.15) is 4.90 Å². The monoisotopic (exact) mass is 304 g/mol. The second-order valence-electron chi connectivity index (χ2n) is 4.74. The number of halogens is 1. The normalized spacial score (nSPS) is 24.3. The summed E-state index contributed by atoms with van der Waals surface area (Å²) in [6.07, 6.45) is 2.36. The lowest BCUT2D eigenvalue weighted by molar-refractivity contribution is 0.101. The van der Waals surface area contributed by atoms with Gasteiger partial charge >= 0.3 is 0 Å². The summed E-state index contributed by atoms with van der Waals surface area (Å²) in [6.45, 7) is 0. The van der Waals surface area contributed by atoms with Crippen molar-refractivity contribution in [2.24, 2.45) is 0 Å². The maximum Gasteiger partial charge on any atom is 0.244 e. The lowest BCUT2D eigenvalue weighted by Gasteiger charge is -2.28. The molecule has 0 spiro atoms. The SMILES string of the molecule is Nc1cccc(Cl)c1S(=O)(=O)N[C@@H]1CCCC[C@H]1O. The van der Waals surface area contributed by atoms with Crippen molar-refractivity contribution in [2.75, 3.05) is 5.73 Å². The molecule has 0 unspecified atom stereocenters. The van der Waals surface area contributed by atoms with E-state index in [4.69, 9.17) is 17.3 Å². The molecule has 1 saturated carbocycles. The van der Waals surface area contributed by atoms with Gasteiger partial charge in [0.05, 0.1) is 16.8 Å². The van der Waals surface area contributed by atoms with Crippen molar-refractivity contribution >= 4 is 27.3 Å². The van der Waals surface area contributed by atoms with Crippen LogP contribution in [0.5, 0.6) is 0 Å². The summed E-state index contributed by atoms with van der Waals surface area (Å²) < 4.78 is 27.1. The van der Waals surface area contributed by atoms with E-state index in [0.717, 1.165) is 12.8 Å². The highest BCUT2D eigenvalue weighted by atomic mass is 35.5. The number of nitrogen functional groups attached to an aromatic ring is 1. The minimum atomic E-state index is -3.82. The van der Waals surface area contributed by atoms with E-state index in [1.165, 1.54) is 12.1 Å². The molecule has 2 rings (SSSR count). The lowest BCUT2D eigenvalue weighted by atomic mass is 9.93. The average molecular weight is 305 g/mol. The molecule has 0 amide bonds. The maximum atomic E-state index is 12.3. The van der Waals surface area contributed by atoms with Crippen LogP contribution in [0.15, 0.2) is 23.1 Å². The standard InChI is InChI=1S/C12H17ClN2O3S/c13-8-4-3-5-9(14)12(8)19(17,18)15-10-6-1-2-7-11(10)16/h3-5,10-11,15-16H,1-2,6-7,14H2/t10-,11-/m1/s1. The fraction of sp³-hybridized carbons (Fsp3) is 0.500. The number of nitrogens with two attached hydrogens (primary N) is 1. The quantitative estimate of drug-likeness (QED) is 0.738. The molecule has 0 bridgehead atoms. The number of rotatable bonds is 3. The Labute approximate surface area is 117 Å². The fourth-order valence-electron chi connectivity index (χ4n) is 2.32. The van der Waals surface area contributed by atoms with Crippen molar-refractivity contribution in [3.63, 3.8) is 0 Å². The molecule has 1 aromatic carbocycles. The van der Waals surface area contributed by atoms with Gasteiger partial charge in [0.15, 0.2) is 0 Å². The summed E-state index contributed by atoms with van der Waals surface area (Å²) in [5.41, 5.74) is 5.78. The third-order valence-electron chi connectivity index (χ3n) is 3.30. The Kier molecular flexibility index (Phi) is 4.35. The van der Waals surface area contributed by atoms with Gasteiger partial charge in [-0.15, -0.1) is 0 Å². The zero-order valence-electron chi connectivity index (χ0n) is 10.3. The van der Waals surface area contributed by atoms with Gasteiger partial charge < -0.3 is 10.8 Å². The van der Waals surface area contributed by atoms with Gasteiger partial charge in [-0.2, -0.15) is 0 Å². The lowest BCUT2D eigenvalue weighted by Crippen LogP contribution is -2.45. The summed E-state index contributed by atoms with van der Waals surface area (Å²) in [5.74, 6) is 0. The molecule has 0 saturated heterocycles. The molecule has 4 N–H and O–H groups in total. The second-order valence-corrected chi connectivity index (χ2v) is 6.80. The van der Waals surface area contributed by atoms with Crippen LogP contribution in [-0.4, -0.2) is 25.7 Å². The molecule has 5 nitrogen and oxygen atoms in total. The Bertz CT molecular complexity index is 542. The van der Waals surface area contributed by atoms with Crippen molar-refractivity contribution in [3.05, 3.63) is 23.2 Å². The smallest absolute Gasteiger partial charge is 0.244 e. The number of sulfonamides is 1. The van der Waals surface area contributed by atoms with E-state index in [-0.39, 0.29) is 15.6 Å². The first kappa shape index (κ1) is 14.6. The Hall–Kier alpha value is -0.820. The van der Waals surface area contributed by atoms with Gasteiger partial charge in [0.2, 0.25) is 10.0 Å². The van der Waals surface area contributed by atoms with Crippen LogP contribution in [0.3, 0.4) is 0 Å². The van der Waals surface area contributed by atoms with E-state index in [9.17, 15) is 13.5 Å². The molecule has 0 aliphatic heterocycles. The predicted molar refractivity (Wildman–Crippen MR) is 74.4 cm³/mol. The van der Waals surface area contributed by atoms with Crippen LogP contribution in [-0.2, 0) is 10.0 Å². The number of aliphatic hydroxyl groups excluding tert-OH is 1. The molecule has 106 valence electrons. The topological polar surface area (TPSA) is 92.4 Å². The number of nitrogens with one attached hydrogen (secondary N) is 1. The third kappa shape index (κ3) is 3.20. The maximum absolute atomic E-state index is 12.3. The van der Waals surface area contributed by atoms with Crippen molar-refractivity contribution in [3.8, 4) is 0 Å². The first-order chi connectivity index (χ1) is 8.92. The van der Waals surface area contributed by atoms with E-state index in [1.54, 1.807) is 6.07 Å². The Morgan fingerprint density at radius 3 is 2.63 bits per heavy atom. The molecular formula is C12H17ClN2O3S. The van der Waals surface area contributed by atoms with E-state index < -0.39 is 22.2 Å². The van der Waals surface area contributed by atoms with Gasteiger partial charge in [-0.05, 0) is 25.0 Å². The zero-order chi connectivity index (χ0) is 14.0. The number of benzene rings is 1. The predicted octanol–water partition coefficient (Wildman–Crippen LogP) is 1.50. The first-order valence-electron chi connectivity index (χ1n) is 6.16. The Morgan fingerprint density at radius 1 is 1.32 bits per heavy atom. The molecule has 1 aliphatic carbocycles. The first-order valence-corrected chi connectivity index (χ1v) is 8.02. The van der Waals surface area contributed by atoms with Crippen molar-refractivity contribution in [1.29, 1.82) is 0 Å². The minimum absolute atomic E-state index is 0.0813. The summed E-state index contributed by atoms with van der Waals surface area (Å²) in [5, 5.41) is 9.91. The third-order valence-corrected chi connectivity index (χ3v) is 5.34. The van der Waals surface area contributed by atoms with Gasteiger partial charge in [0, 0.05) is 6.04 Å². The van der Waals surface area contributed by atoms with Gasteiger partial charge in [-0.1, -0.05) is 30.5 Å². The summed E-state index contributed by atoms with van der Waals surface area (Å²) >= 11 is 5.91. The van der Waals surface area contributed by atoms with Gasteiger partial charge in [-0.3, -0.25) is 0 Å². The fourth-order valence-corrected chi connectivity index (χ4v) is 4.30. The highest BCUT2D eigenvalue weighted by Crippen LogP contribution is 2.28. The Morgan fingerprint density at radius 2 is 2.00 bits per heavy atom. The van der Waals surface area contributed by atoms with E-state index >= 15 is 0 Å². The molecule has 2 atom stereocenters. The van der Waals surface area contributed by atoms with E-state index in [2.05, 4.69) is 4.72 Å². The molecule has 0 radical (unpaired) electrons. The number of anilines is 1. The molecule has 7 heteroatoms. The van der Waals surface area contributed by atoms with Crippen molar-refractivity contribution in [2.45, 2.75) is 42.7 Å². The van der Waals surface area contributed by atoms with Crippen LogP contribution < -0.4 is 10.5 Å². The van der Waals surface area contributed by atoms with Crippen LogP contribution in [0, 0.1) is 0 Å². The zero-order valence-corrected chi connectivity index (χ0v) is 11.9. The van der Waals surface area contributed by atoms with E-state index in [1.807, 2.05) is 0 Å². The van der Waals surface area contributed by atoms with Gasteiger partial charge in [-0.25, -0.2) is 13.1 Å². The van der Waals surface area contributed by atoms with Crippen LogP contribution in [0.2, 0.25) is 5.02 Å². The summed E-state index contributed by atoms with van der Waals surface area (Å²) in [7, 11) is -3.82. The largest absolute Gasteiger partial charge is 0.398 e. The average Bonchev–Trinajstić information content (AvgIpc) is 2.31. The molecule has 0 heterocycles. The van der Waals surface area contributed by atoms with Crippen molar-refractivity contribution < 1.29 is 13.5 Å². The van der Waals surface area contributed by atoms with Crippen LogP contribution in [0.4, 0.5) is 5.69 Å². The molecule has 0 aromatic heterocycles. The summed E-state index contributed by atoms with van der Waals surface area (Å²) in [6, 6.07) is 4.07. The highest BCUT2D eigenvalue weighted by molar-refractivity contribution is 7.89.